The zero-order valence-electron chi connectivity index (χ0n) is 15.4. The maximum Gasteiger partial charge on any atom is 0.169 e. The number of methoxy groups -OCH3 is 1. The van der Waals surface area contributed by atoms with E-state index in [1.54, 1.807) is 12.3 Å². The molecule has 3 aromatic rings. The summed E-state index contributed by atoms with van der Waals surface area (Å²) < 4.78 is 25.4. The van der Waals surface area contributed by atoms with Gasteiger partial charge in [-0.05, 0) is 0 Å². The van der Waals surface area contributed by atoms with Crippen LogP contribution in [-0.2, 0) is 0 Å². The number of halogens is 1. The second kappa shape index (κ2) is 7.69. The third-order valence-corrected chi connectivity index (χ3v) is 4.34. The lowest BCUT2D eigenvalue weighted by atomic mass is 10.0. The Bertz CT molecular complexity index is 1040. The SMILES string of the molecule is COc1cncc(OCC2(F)CNC2)c1-c1cc(Nc2cnc(C#N)cn2)n[nH]1. The summed E-state index contributed by atoms with van der Waals surface area (Å²) in [4.78, 5) is 12.1. The van der Waals surface area contributed by atoms with Crippen molar-refractivity contribution in [3.63, 3.8) is 0 Å². The van der Waals surface area contributed by atoms with E-state index < -0.39 is 5.67 Å². The highest BCUT2D eigenvalue weighted by Crippen LogP contribution is 2.38. The van der Waals surface area contributed by atoms with Gasteiger partial charge in [-0.15, -0.1) is 0 Å². The minimum Gasteiger partial charge on any atom is -0.494 e. The molecule has 3 N–H and O–H groups in total. The minimum absolute atomic E-state index is 0.0953. The number of anilines is 2. The number of aromatic amines is 1. The van der Waals surface area contributed by atoms with Crippen LogP contribution in [-0.4, -0.2) is 57.6 Å². The second-order valence-corrected chi connectivity index (χ2v) is 6.45. The molecule has 0 spiro atoms. The van der Waals surface area contributed by atoms with E-state index in [4.69, 9.17) is 14.7 Å². The number of hydrogen-bond acceptors (Lipinski definition) is 9. The monoisotopic (exact) mass is 396 g/mol. The first-order valence-electron chi connectivity index (χ1n) is 8.69. The number of nitriles is 1. The van der Waals surface area contributed by atoms with E-state index in [1.807, 2.05) is 6.07 Å². The van der Waals surface area contributed by atoms with Gasteiger partial charge < -0.3 is 20.1 Å². The zero-order valence-corrected chi connectivity index (χ0v) is 15.4. The summed E-state index contributed by atoms with van der Waals surface area (Å²) in [6.45, 7) is 0.412. The first-order valence-corrected chi connectivity index (χ1v) is 8.69. The fourth-order valence-corrected chi connectivity index (χ4v) is 2.75. The Morgan fingerprint density at radius 2 is 2.03 bits per heavy atom. The van der Waals surface area contributed by atoms with Gasteiger partial charge in [-0.1, -0.05) is 0 Å². The molecule has 29 heavy (non-hydrogen) atoms. The van der Waals surface area contributed by atoms with Gasteiger partial charge >= 0.3 is 0 Å². The zero-order chi connectivity index (χ0) is 20.3. The van der Waals surface area contributed by atoms with Gasteiger partial charge in [0.1, 0.15) is 24.2 Å². The van der Waals surface area contributed by atoms with E-state index in [0.717, 1.165) is 0 Å². The number of nitrogens with zero attached hydrogens (tertiary/aromatic N) is 5. The molecule has 3 aromatic heterocycles. The number of rotatable bonds is 7. The molecule has 4 rings (SSSR count). The Balaban J connectivity index is 1.57. The van der Waals surface area contributed by atoms with Gasteiger partial charge in [0.25, 0.3) is 0 Å². The van der Waals surface area contributed by atoms with Gasteiger partial charge in [-0.2, -0.15) is 10.4 Å². The van der Waals surface area contributed by atoms with Crippen molar-refractivity contribution in [2.45, 2.75) is 5.67 Å². The molecule has 1 aliphatic heterocycles. The van der Waals surface area contributed by atoms with Crippen LogP contribution < -0.4 is 20.1 Å². The molecule has 11 heteroatoms. The number of alkyl halides is 1. The second-order valence-electron chi connectivity index (χ2n) is 6.45. The fourth-order valence-electron chi connectivity index (χ4n) is 2.75. The summed E-state index contributed by atoms with van der Waals surface area (Å²) in [6, 6.07) is 3.63. The van der Waals surface area contributed by atoms with Crippen molar-refractivity contribution in [2.75, 3.05) is 32.1 Å². The Morgan fingerprint density at radius 1 is 1.21 bits per heavy atom. The molecular weight excluding hydrogens is 379 g/mol. The maximum atomic E-state index is 14.3. The molecule has 0 amide bonds. The highest BCUT2D eigenvalue weighted by molar-refractivity contribution is 5.75. The van der Waals surface area contributed by atoms with Gasteiger partial charge in [0.15, 0.2) is 22.9 Å². The number of aromatic nitrogens is 5. The van der Waals surface area contributed by atoms with Crippen molar-refractivity contribution in [2.24, 2.45) is 0 Å². The fraction of sp³-hybridized carbons (Fsp3) is 0.278. The third kappa shape index (κ3) is 3.92. The van der Waals surface area contributed by atoms with Crippen LogP contribution in [0.1, 0.15) is 5.69 Å². The van der Waals surface area contributed by atoms with E-state index in [9.17, 15) is 4.39 Å². The largest absolute Gasteiger partial charge is 0.494 e. The van der Waals surface area contributed by atoms with Crippen LogP contribution >= 0.6 is 0 Å². The Morgan fingerprint density at radius 3 is 2.69 bits per heavy atom. The van der Waals surface area contributed by atoms with E-state index in [0.29, 0.717) is 34.4 Å². The van der Waals surface area contributed by atoms with Gasteiger partial charge in [0.2, 0.25) is 0 Å². The Hall–Kier alpha value is -3.78. The number of hydrogen-bond donors (Lipinski definition) is 3. The third-order valence-electron chi connectivity index (χ3n) is 4.34. The van der Waals surface area contributed by atoms with Crippen LogP contribution in [0.5, 0.6) is 11.5 Å². The topological polar surface area (TPSA) is 134 Å². The van der Waals surface area contributed by atoms with E-state index >= 15 is 0 Å². The van der Waals surface area contributed by atoms with Crippen molar-refractivity contribution in [3.8, 4) is 28.8 Å². The Labute approximate surface area is 165 Å². The summed E-state index contributed by atoms with van der Waals surface area (Å²) in [6.07, 6.45) is 5.84. The van der Waals surface area contributed by atoms with Crippen LogP contribution in [0.4, 0.5) is 16.0 Å². The average Bonchev–Trinajstić information content (AvgIpc) is 3.19. The van der Waals surface area contributed by atoms with E-state index in [1.165, 1.54) is 25.7 Å². The van der Waals surface area contributed by atoms with Crippen molar-refractivity contribution >= 4 is 11.6 Å². The van der Waals surface area contributed by atoms with Crippen molar-refractivity contribution < 1.29 is 13.9 Å². The summed E-state index contributed by atoms with van der Waals surface area (Å²) in [5, 5.41) is 21.8. The summed E-state index contributed by atoms with van der Waals surface area (Å²) in [5.74, 6) is 1.73. The minimum atomic E-state index is -1.39. The van der Waals surface area contributed by atoms with Crippen molar-refractivity contribution in [1.29, 1.82) is 5.26 Å². The smallest absolute Gasteiger partial charge is 0.169 e. The normalized spacial score (nSPS) is 14.5. The van der Waals surface area contributed by atoms with Gasteiger partial charge in [0.05, 0.1) is 43.2 Å². The van der Waals surface area contributed by atoms with Crippen LogP contribution in [0.2, 0.25) is 0 Å². The molecular formula is C18H17FN8O2. The number of nitrogens with one attached hydrogen (secondary N) is 3. The predicted octanol–water partition coefficient (Wildman–Crippen LogP) is 1.58. The molecule has 4 heterocycles. The van der Waals surface area contributed by atoms with Crippen LogP contribution in [0, 0.1) is 11.3 Å². The molecule has 148 valence electrons. The van der Waals surface area contributed by atoms with E-state index in [2.05, 4.69) is 35.8 Å². The van der Waals surface area contributed by atoms with Crippen LogP contribution in [0.15, 0.2) is 30.9 Å². The van der Waals surface area contributed by atoms with Crippen LogP contribution in [0.3, 0.4) is 0 Å². The molecule has 0 atom stereocenters. The lowest BCUT2D eigenvalue weighted by Crippen LogP contribution is -2.59. The molecule has 10 nitrogen and oxygen atoms in total. The highest BCUT2D eigenvalue weighted by atomic mass is 19.1. The average molecular weight is 396 g/mol. The molecule has 0 radical (unpaired) electrons. The maximum absolute atomic E-state index is 14.3. The first kappa shape index (κ1) is 18.6. The lowest BCUT2D eigenvalue weighted by Gasteiger charge is -2.34. The molecule has 0 aliphatic carbocycles. The number of pyridine rings is 1. The first-order chi connectivity index (χ1) is 14.1. The Kier molecular flexibility index (Phi) is 4.92. The van der Waals surface area contributed by atoms with Gasteiger partial charge in [-0.25, -0.2) is 14.4 Å². The summed E-state index contributed by atoms with van der Waals surface area (Å²) in [5.41, 5.74) is -0.0170. The summed E-state index contributed by atoms with van der Waals surface area (Å²) >= 11 is 0. The van der Waals surface area contributed by atoms with Gasteiger partial charge in [0, 0.05) is 19.2 Å². The van der Waals surface area contributed by atoms with Gasteiger partial charge in [-0.3, -0.25) is 10.1 Å². The predicted molar refractivity (Wildman–Crippen MR) is 101 cm³/mol. The molecule has 1 aliphatic rings. The van der Waals surface area contributed by atoms with E-state index in [-0.39, 0.29) is 25.4 Å². The molecule has 1 fully saturated rings. The number of H-pyrrole nitrogens is 1. The standard InChI is InChI=1S/C18H17FN8O2/c1-28-13-5-21-6-14(29-10-18(19)8-22-9-18)17(13)12-2-15(27-26-12)25-16-7-23-11(3-20)4-24-16/h2,4-7,22H,8-10H2,1H3,(H2,24,25,26,27). The quantitative estimate of drug-likeness (QED) is 0.544. The molecule has 1 saturated heterocycles. The number of ether oxygens (including phenoxy) is 2. The molecule has 0 saturated carbocycles. The lowest BCUT2D eigenvalue weighted by molar-refractivity contribution is 0.0347. The molecule has 0 bridgehead atoms. The molecule has 0 aromatic carbocycles. The highest BCUT2D eigenvalue weighted by Gasteiger charge is 2.38. The molecule has 0 unspecified atom stereocenters. The van der Waals surface area contributed by atoms with Crippen molar-refractivity contribution in [3.05, 3.63) is 36.5 Å². The van der Waals surface area contributed by atoms with Crippen LogP contribution in [0.25, 0.3) is 11.3 Å². The van der Waals surface area contributed by atoms with Crippen molar-refractivity contribution in [1.82, 2.24) is 30.5 Å². The summed E-state index contributed by atoms with van der Waals surface area (Å²) in [7, 11) is 1.51.